The minimum atomic E-state index is -0.877. The molecule has 2 rings (SSSR count). The van der Waals surface area contributed by atoms with Crippen LogP contribution >= 0.6 is 0 Å². The van der Waals surface area contributed by atoms with Gasteiger partial charge in [0.05, 0.1) is 29.9 Å². The van der Waals surface area contributed by atoms with Crippen LogP contribution in [0.3, 0.4) is 0 Å². The highest BCUT2D eigenvalue weighted by molar-refractivity contribution is 5.98. The Kier molecular flexibility index (Phi) is 5.35. The number of halogens is 1. The van der Waals surface area contributed by atoms with Gasteiger partial charge in [0.25, 0.3) is 5.69 Å². The lowest BCUT2D eigenvalue weighted by molar-refractivity contribution is -0.384. The number of nitrogens with zero attached hydrogens (tertiary/aromatic N) is 3. The maximum atomic E-state index is 14.2. The van der Waals surface area contributed by atoms with Crippen molar-refractivity contribution in [2.24, 2.45) is 0 Å². The number of hydrogen-bond acceptors (Lipinski definition) is 6. The third-order valence-corrected chi connectivity index (χ3v) is 4.34. The van der Waals surface area contributed by atoms with Gasteiger partial charge < -0.3 is 15.4 Å². The highest BCUT2D eigenvalue weighted by Crippen LogP contribution is 2.34. The van der Waals surface area contributed by atoms with Crippen LogP contribution in [0.2, 0.25) is 0 Å². The third-order valence-electron chi connectivity index (χ3n) is 4.34. The van der Waals surface area contributed by atoms with Crippen LogP contribution in [-0.2, 0) is 9.53 Å². The highest BCUT2D eigenvalue weighted by Gasteiger charge is 2.29. The normalized spacial score (nSPS) is 16.7. The van der Waals surface area contributed by atoms with E-state index >= 15 is 0 Å². The number of nitro benzene ring substituents is 1. The number of nitrogen functional groups attached to an aromatic ring is 1. The molecular weight excluding hydrogens is 319 g/mol. The van der Waals surface area contributed by atoms with E-state index in [1.54, 1.807) is 6.92 Å². The second kappa shape index (κ2) is 7.10. The van der Waals surface area contributed by atoms with Gasteiger partial charge in [-0.05, 0) is 13.8 Å². The first-order valence-corrected chi connectivity index (χ1v) is 7.58. The number of amides is 1. The summed E-state index contributed by atoms with van der Waals surface area (Å²) in [5.41, 5.74) is 4.63. The van der Waals surface area contributed by atoms with E-state index in [1.807, 2.05) is 4.90 Å². The summed E-state index contributed by atoms with van der Waals surface area (Å²) in [5, 5.41) is 11.0. The smallest absolute Gasteiger partial charge is 0.297 e. The lowest BCUT2D eigenvalue weighted by Gasteiger charge is -2.33. The van der Waals surface area contributed by atoms with Crippen LogP contribution in [0.5, 0.6) is 0 Å². The average Bonchev–Trinajstić information content (AvgIpc) is 2.58. The van der Waals surface area contributed by atoms with Gasteiger partial charge >= 0.3 is 0 Å². The molecule has 1 atom stereocenters. The van der Waals surface area contributed by atoms with Crippen molar-refractivity contribution in [1.82, 2.24) is 4.90 Å². The number of carbonyl (C=O) groups excluding carboxylic acids is 1. The molecule has 0 spiro atoms. The standard InChI is InChI=1S/C15H21FN4O4/c1-9-11(8-12(20(22)23)14(17)13(9)16)18(3)15(21)10(2)19-4-6-24-7-5-19/h8,10H,4-7,17H2,1-3H3. The number of ether oxygens (including phenoxy) is 1. The van der Waals surface area contributed by atoms with Crippen LogP contribution in [-0.4, -0.2) is 55.1 Å². The molecule has 24 heavy (non-hydrogen) atoms. The second-order valence-corrected chi connectivity index (χ2v) is 5.75. The molecule has 0 bridgehead atoms. The SMILES string of the molecule is Cc1c(N(C)C(=O)C(C)N2CCOCC2)cc([N+](=O)[O-])c(N)c1F. The zero-order valence-corrected chi connectivity index (χ0v) is 13.9. The number of nitrogens with two attached hydrogens (primary N) is 1. The second-order valence-electron chi connectivity index (χ2n) is 5.75. The Morgan fingerprint density at radius 3 is 2.62 bits per heavy atom. The summed E-state index contributed by atoms with van der Waals surface area (Å²) in [5.74, 6) is -1.16. The van der Waals surface area contributed by atoms with E-state index in [1.165, 1.54) is 18.9 Å². The van der Waals surface area contributed by atoms with Crippen molar-refractivity contribution < 1.29 is 18.8 Å². The Bertz CT molecular complexity index is 661. The van der Waals surface area contributed by atoms with E-state index in [4.69, 9.17) is 10.5 Å². The molecule has 132 valence electrons. The number of morpholine rings is 1. The summed E-state index contributed by atoms with van der Waals surface area (Å²) in [6, 6.07) is 0.690. The quantitative estimate of drug-likeness (QED) is 0.504. The fraction of sp³-hybridized carbons (Fsp3) is 0.533. The van der Waals surface area contributed by atoms with E-state index in [-0.39, 0.29) is 17.2 Å². The topological polar surface area (TPSA) is 102 Å². The van der Waals surface area contributed by atoms with Gasteiger partial charge in [0.15, 0.2) is 5.82 Å². The van der Waals surface area contributed by atoms with Crippen molar-refractivity contribution in [2.45, 2.75) is 19.9 Å². The van der Waals surface area contributed by atoms with Crippen molar-refractivity contribution in [3.63, 3.8) is 0 Å². The van der Waals surface area contributed by atoms with Gasteiger partial charge in [-0.15, -0.1) is 0 Å². The van der Waals surface area contributed by atoms with Gasteiger partial charge in [-0.3, -0.25) is 19.8 Å². The van der Waals surface area contributed by atoms with Crippen LogP contribution in [0.4, 0.5) is 21.5 Å². The van der Waals surface area contributed by atoms with E-state index in [0.717, 1.165) is 6.07 Å². The zero-order chi connectivity index (χ0) is 18.0. The van der Waals surface area contributed by atoms with Crippen molar-refractivity contribution in [2.75, 3.05) is 44.0 Å². The first-order valence-electron chi connectivity index (χ1n) is 7.58. The zero-order valence-electron chi connectivity index (χ0n) is 13.9. The first kappa shape index (κ1) is 18.1. The van der Waals surface area contributed by atoms with Crippen LogP contribution in [0.15, 0.2) is 6.07 Å². The molecule has 1 aliphatic rings. The minimum Gasteiger partial charge on any atom is -0.391 e. The lowest BCUT2D eigenvalue weighted by atomic mass is 10.1. The number of carbonyl (C=O) groups is 1. The Hall–Kier alpha value is -2.26. The van der Waals surface area contributed by atoms with E-state index in [9.17, 15) is 19.3 Å². The summed E-state index contributed by atoms with van der Waals surface area (Å²) >= 11 is 0. The molecule has 1 saturated heterocycles. The molecular formula is C15H21FN4O4. The van der Waals surface area contributed by atoms with E-state index in [0.29, 0.717) is 26.3 Å². The number of nitro groups is 1. The maximum Gasteiger partial charge on any atom is 0.297 e. The number of hydrogen-bond donors (Lipinski definition) is 1. The van der Waals surface area contributed by atoms with Gasteiger partial charge in [-0.1, -0.05) is 0 Å². The largest absolute Gasteiger partial charge is 0.391 e. The Morgan fingerprint density at radius 1 is 1.50 bits per heavy atom. The molecule has 1 fully saturated rings. The molecule has 9 heteroatoms. The van der Waals surface area contributed by atoms with Gasteiger partial charge in [0.2, 0.25) is 5.91 Å². The van der Waals surface area contributed by atoms with Crippen LogP contribution in [0.1, 0.15) is 12.5 Å². The molecule has 1 amide bonds. The number of rotatable bonds is 4. The van der Waals surface area contributed by atoms with E-state index in [2.05, 4.69) is 0 Å². The average molecular weight is 340 g/mol. The fourth-order valence-electron chi connectivity index (χ4n) is 2.76. The predicted molar refractivity (Wildman–Crippen MR) is 87.5 cm³/mol. The Morgan fingerprint density at radius 2 is 2.08 bits per heavy atom. The summed E-state index contributed by atoms with van der Waals surface area (Å²) in [4.78, 5) is 26.2. The Labute approximate surface area is 139 Å². The van der Waals surface area contributed by atoms with Crippen LogP contribution in [0.25, 0.3) is 0 Å². The van der Waals surface area contributed by atoms with Gasteiger partial charge in [-0.2, -0.15) is 0 Å². The molecule has 0 saturated carbocycles. The summed E-state index contributed by atoms with van der Waals surface area (Å²) < 4.78 is 19.5. The number of anilines is 2. The van der Waals surface area contributed by atoms with Gasteiger partial charge in [0, 0.05) is 31.8 Å². The third kappa shape index (κ3) is 3.31. The molecule has 1 heterocycles. The van der Waals surface area contributed by atoms with Gasteiger partial charge in [-0.25, -0.2) is 4.39 Å². The van der Waals surface area contributed by atoms with Crippen molar-refractivity contribution >= 4 is 23.0 Å². The number of likely N-dealkylation sites (N-methyl/N-ethyl adjacent to an activating group) is 1. The molecule has 0 aliphatic carbocycles. The Balaban J connectivity index is 2.32. The van der Waals surface area contributed by atoms with Crippen LogP contribution in [0, 0.1) is 22.9 Å². The van der Waals surface area contributed by atoms with Crippen molar-refractivity contribution in [1.29, 1.82) is 0 Å². The van der Waals surface area contributed by atoms with Crippen molar-refractivity contribution in [3.8, 4) is 0 Å². The molecule has 2 N–H and O–H groups in total. The van der Waals surface area contributed by atoms with Crippen molar-refractivity contribution in [3.05, 3.63) is 27.6 Å². The first-order chi connectivity index (χ1) is 11.3. The van der Waals surface area contributed by atoms with Gasteiger partial charge in [0.1, 0.15) is 5.69 Å². The van der Waals surface area contributed by atoms with Crippen LogP contribution < -0.4 is 10.6 Å². The molecule has 1 aromatic carbocycles. The number of benzene rings is 1. The maximum absolute atomic E-state index is 14.2. The summed E-state index contributed by atoms with van der Waals surface area (Å²) in [6.45, 7) is 5.52. The molecule has 1 unspecified atom stereocenters. The monoisotopic (exact) mass is 340 g/mol. The summed E-state index contributed by atoms with van der Waals surface area (Å²) in [7, 11) is 1.47. The fourth-order valence-corrected chi connectivity index (χ4v) is 2.76. The highest BCUT2D eigenvalue weighted by atomic mass is 19.1. The predicted octanol–water partition coefficient (Wildman–Crippen LogP) is 1.31. The summed E-state index contributed by atoms with van der Waals surface area (Å²) in [6.07, 6.45) is 0. The lowest BCUT2D eigenvalue weighted by Crippen LogP contribution is -2.50. The minimum absolute atomic E-state index is 0.100. The van der Waals surface area contributed by atoms with E-state index < -0.39 is 28.2 Å². The molecule has 0 aromatic heterocycles. The molecule has 8 nitrogen and oxygen atoms in total. The molecule has 1 aromatic rings. The molecule has 0 radical (unpaired) electrons. The molecule has 1 aliphatic heterocycles.